The molecular formula is C24H22I2N2O4S. The number of nitrogens with zero attached hydrogens (tertiary/aromatic N) is 2. The van der Waals surface area contributed by atoms with E-state index in [2.05, 4.69) is 64.2 Å². The molecule has 0 saturated carbocycles. The van der Waals surface area contributed by atoms with E-state index >= 15 is 0 Å². The molecule has 2 aliphatic rings. The maximum Gasteiger partial charge on any atom is 0.294 e. The number of hydrogen-bond acceptors (Lipinski definition) is 5. The predicted octanol–water partition coefficient (Wildman–Crippen LogP) is 5.44. The number of ether oxygens (including phenoxy) is 1. The van der Waals surface area contributed by atoms with Crippen molar-refractivity contribution < 1.29 is 19.1 Å². The molecule has 2 heterocycles. The molecule has 0 atom stereocenters. The van der Waals surface area contributed by atoms with Crippen LogP contribution in [0.15, 0.2) is 41.3 Å². The van der Waals surface area contributed by atoms with Crippen LogP contribution >= 0.6 is 56.9 Å². The maximum atomic E-state index is 12.8. The zero-order valence-electron chi connectivity index (χ0n) is 18.0. The second kappa shape index (κ2) is 10.8. The second-order valence-corrected chi connectivity index (χ2v) is 11.3. The van der Waals surface area contributed by atoms with Crippen LogP contribution in [0.25, 0.3) is 6.08 Å². The van der Waals surface area contributed by atoms with Crippen LogP contribution in [0.4, 0.5) is 4.79 Å². The Bertz CT molecular complexity index is 1100. The van der Waals surface area contributed by atoms with Crippen LogP contribution in [0.2, 0.25) is 0 Å². The van der Waals surface area contributed by atoms with Crippen molar-refractivity contribution in [3.8, 4) is 5.75 Å². The molecule has 0 bridgehead atoms. The van der Waals surface area contributed by atoms with Crippen molar-refractivity contribution in [3.63, 3.8) is 0 Å². The van der Waals surface area contributed by atoms with Gasteiger partial charge in [0, 0.05) is 13.1 Å². The number of thioether (sulfide) groups is 1. The summed E-state index contributed by atoms with van der Waals surface area (Å²) in [6.07, 6.45) is 3.64. The highest BCUT2D eigenvalue weighted by atomic mass is 127. The van der Waals surface area contributed by atoms with Crippen LogP contribution in [-0.4, -0.2) is 46.5 Å². The van der Waals surface area contributed by atoms with E-state index in [0.717, 1.165) is 53.5 Å². The van der Waals surface area contributed by atoms with E-state index in [4.69, 9.17) is 4.74 Å². The SMILES string of the molecule is Cc1ccc(COc2c(I)cc(/C=C3\SC(=O)N(CC(=O)N4CCCC4)C3=O)cc2I)cc1. The van der Waals surface area contributed by atoms with Gasteiger partial charge in [0.2, 0.25) is 5.91 Å². The van der Waals surface area contributed by atoms with Crippen molar-refractivity contribution in [1.82, 2.24) is 9.80 Å². The first kappa shape index (κ1) is 24.5. The summed E-state index contributed by atoms with van der Waals surface area (Å²) in [6.45, 7) is 3.72. The zero-order valence-corrected chi connectivity index (χ0v) is 23.1. The molecule has 0 aliphatic carbocycles. The Balaban J connectivity index is 1.45. The molecule has 0 N–H and O–H groups in total. The van der Waals surface area contributed by atoms with Crippen molar-refractivity contribution in [2.45, 2.75) is 26.4 Å². The van der Waals surface area contributed by atoms with Crippen molar-refractivity contribution in [2.75, 3.05) is 19.6 Å². The summed E-state index contributed by atoms with van der Waals surface area (Å²) in [5.41, 5.74) is 3.10. The number of imide groups is 1. The van der Waals surface area contributed by atoms with Crippen LogP contribution in [0.3, 0.4) is 0 Å². The molecule has 2 saturated heterocycles. The monoisotopic (exact) mass is 688 g/mol. The minimum absolute atomic E-state index is 0.171. The van der Waals surface area contributed by atoms with Crippen LogP contribution in [0, 0.1) is 14.1 Å². The van der Waals surface area contributed by atoms with Gasteiger partial charge in [0.25, 0.3) is 11.1 Å². The molecule has 0 unspecified atom stereocenters. The Morgan fingerprint density at radius 1 is 1.09 bits per heavy atom. The molecule has 2 aliphatic heterocycles. The number of likely N-dealkylation sites (tertiary alicyclic amines) is 1. The van der Waals surface area contributed by atoms with E-state index in [0.29, 0.717) is 24.6 Å². The second-order valence-electron chi connectivity index (χ2n) is 7.94. The van der Waals surface area contributed by atoms with Crippen LogP contribution in [-0.2, 0) is 16.2 Å². The standard InChI is InChI=1S/C24H22I2N2O4S/c1-15-4-6-16(7-5-15)14-32-22-18(25)10-17(11-19(22)26)12-20-23(30)28(24(31)33-20)13-21(29)27-8-2-3-9-27/h4-7,10-12H,2-3,8-9,13-14H2,1H3/b20-12-. The first-order chi connectivity index (χ1) is 15.8. The molecule has 0 spiro atoms. The number of hydrogen-bond donors (Lipinski definition) is 0. The fourth-order valence-electron chi connectivity index (χ4n) is 3.63. The molecule has 2 fully saturated rings. The average Bonchev–Trinajstić information content (AvgIpc) is 3.39. The topological polar surface area (TPSA) is 66.9 Å². The molecule has 172 valence electrons. The molecule has 9 heteroatoms. The quantitative estimate of drug-likeness (QED) is 0.299. The van der Waals surface area contributed by atoms with E-state index in [-0.39, 0.29) is 12.5 Å². The van der Waals surface area contributed by atoms with Gasteiger partial charge in [0.05, 0.1) is 12.0 Å². The summed E-state index contributed by atoms with van der Waals surface area (Å²) in [5.74, 6) is 0.204. The minimum Gasteiger partial charge on any atom is -0.487 e. The van der Waals surface area contributed by atoms with Crippen molar-refractivity contribution in [1.29, 1.82) is 0 Å². The average molecular weight is 688 g/mol. The van der Waals surface area contributed by atoms with Gasteiger partial charge in [-0.3, -0.25) is 19.3 Å². The van der Waals surface area contributed by atoms with Gasteiger partial charge in [-0.05, 0) is 106 Å². The Morgan fingerprint density at radius 3 is 2.36 bits per heavy atom. The third-order valence-electron chi connectivity index (χ3n) is 5.45. The zero-order chi connectivity index (χ0) is 23.5. The van der Waals surface area contributed by atoms with Gasteiger partial charge < -0.3 is 9.64 Å². The summed E-state index contributed by atoms with van der Waals surface area (Å²) >= 11 is 5.32. The van der Waals surface area contributed by atoms with Gasteiger partial charge in [-0.15, -0.1) is 0 Å². The van der Waals surface area contributed by atoms with Gasteiger partial charge >= 0.3 is 0 Å². The van der Waals surface area contributed by atoms with Crippen molar-refractivity contribution in [3.05, 3.63) is 65.1 Å². The lowest BCUT2D eigenvalue weighted by Crippen LogP contribution is -2.40. The van der Waals surface area contributed by atoms with Crippen LogP contribution in [0.1, 0.15) is 29.5 Å². The highest BCUT2D eigenvalue weighted by molar-refractivity contribution is 14.1. The largest absolute Gasteiger partial charge is 0.487 e. The van der Waals surface area contributed by atoms with Crippen LogP contribution in [0.5, 0.6) is 5.75 Å². The third kappa shape index (κ3) is 5.91. The molecule has 33 heavy (non-hydrogen) atoms. The van der Waals surface area contributed by atoms with Crippen molar-refractivity contribution in [2.24, 2.45) is 0 Å². The smallest absolute Gasteiger partial charge is 0.294 e. The molecule has 3 amide bonds. The number of halogens is 2. The Morgan fingerprint density at radius 2 is 1.73 bits per heavy atom. The van der Waals surface area contributed by atoms with E-state index in [9.17, 15) is 14.4 Å². The summed E-state index contributed by atoms with van der Waals surface area (Å²) in [4.78, 5) is 40.7. The van der Waals surface area contributed by atoms with E-state index in [1.807, 2.05) is 24.3 Å². The normalized spacial score (nSPS) is 17.4. The summed E-state index contributed by atoms with van der Waals surface area (Å²) in [6, 6.07) is 12.1. The first-order valence-corrected chi connectivity index (χ1v) is 13.5. The fraction of sp³-hybridized carbons (Fsp3) is 0.292. The molecular weight excluding hydrogens is 666 g/mol. The number of rotatable bonds is 6. The first-order valence-electron chi connectivity index (χ1n) is 10.5. The third-order valence-corrected chi connectivity index (χ3v) is 7.96. The molecule has 2 aromatic rings. The lowest BCUT2D eigenvalue weighted by molar-refractivity contribution is -0.135. The number of aryl methyl sites for hydroxylation is 1. The molecule has 2 aromatic carbocycles. The number of carbonyl (C=O) groups excluding carboxylic acids is 3. The van der Waals surface area contributed by atoms with Gasteiger partial charge in [-0.25, -0.2) is 0 Å². The van der Waals surface area contributed by atoms with Gasteiger partial charge in [-0.1, -0.05) is 29.8 Å². The van der Waals surface area contributed by atoms with Crippen LogP contribution < -0.4 is 4.74 Å². The molecule has 0 radical (unpaired) electrons. The highest BCUT2D eigenvalue weighted by Gasteiger charge is 2.37. The maximum absolute atomic E-state index is 12.8. The van der Waals surface area contributed by atoms with E-state index in [1.54, 1.807) is 11.0 Å². The highest BCUT2D eigenvalue weighted by Crippen LogP contribution is 2.35. The Hall–Kier alpha value is -1.60. The molecule has 6 nitrogen and oxygen atoms in total. The Labute approximate surface area is 224 Å². The Kier molecular flexibility index (Phi) is 8.00. The summed E-state index contributed by atoms with van der Waals surface area (Å²) < 4.78 is 7.89. The minimum atomic E-state index is -0.415. The van der Waals surface area contributed by atoms with Gasteiger partial charge in [0.1, 0.15) is 18.9 Å². The van der Waals surface area contributed by atoms with Crippen molar-refractivity contribution >= 4 is 80.1 Å². The lowest BCUT2D eigenvalue weighted by atomic mass is 10.1. The molecule has 0 aromatic heterocycles. The lowest BCUT2D eigenvalue weighted by Gasteiger charge is -2.18. The predicted molar refractivity (Wildman–Crippen MR) is 146 cm³/mol. The molecule has 4 rings (SSSR count). The number of benzene rings is 2. The number of amides is 3. The van der Waals surface area contributed by atoms with Gasteiger partial charge in [-0.2, -0.15) is 0 Å². The van der Waals surface area contributed by atoms with E-state index < -0.39 is 11.1 Å². The van der Waals surface area contributed by atoms with Gasteiger partial charge in [0.15, 0.2) is 0 Å². The summed E-state index contributed by atoms with van der Waals surface area (Å²) in [7, 11) is 0. The number of carbonyl (C=O) groups is 3. The summed E-state index contributed by atoms with van der Waals surface area (Å²) in [5, 5.41) is -0.402. The fourth-order valence-corrected chi connectivity index (χ4v) is 6.60. The van der Waals surface area contributed by atoms with E-state index in [1.165, 1.54) is 5.56 Å².